The van der Waals surface area contributed by atoms with E-state index in [9.17, 15) is 18.5 Å². The summed E-state index contributed by atoms with van der Waals surface area (Å²) < 4.78 is 29.0. The van der Waals surface area contributed by atoms with Crippen molar-refractivity contribution in [1.82, 2.24) is 5.32 Å². The van der Waals surface area contributed by atoms with Gasteiger partial charge in [-0.15, -0.1) is 0 Å². The van der Waals surface area contributed by atoms with Crippen LogP contribution in [0.4, 0.5) is 0 Å². The third-order valence-electron chi connectivity index (χ3n) is 3.73. The number of rotatable bonds is 7. The van der Waals surface area contributed by atoms with Gasteiger partial charge >= 0.3 is 0 Å². The normalized spacial score (nSPS) is 12.2. The van der Waals surface area contributed by atoms with Gasteiger partial charge in [0.1, 0.15) is 6.04 Å². The molecule has 0 radical (unpaired) electrons. The Bertz CT molecular complexity index is 970. The molecule has 27 heavy (non-hydrogen) atoms. The van der Waals surface area contributed by atoms with Crippen LogP contribution in [0.15, 0.2) is 47.4 Å². The Kier molecular flexibility index (Phi) is 7.22. The Balaban J connectivity index is 2.18. The first-order valence-electron chi connectivity index (χ1n) is 7.76. The van der Waals surface area contributed by atoms with Gasteiger partial charge in [0.15, 0.2) is 9.84 Å². The summed E-state index contributed by atoms with van der Waals surface area (Å²) in [5.74, 6) is -0.697. The van der Waals surface area contributed by atoms with E-state index in [2.05, 4.69) is 5.32 Å². The van der Waals surface area contributed by atoms with Crippen LogP contribution < -0.4 is 5.32 Å². The molecule has 1 unspecified atom stereocenters. The van der Waals surface area contributed by atoms with Gasteiger partial charge in [0.25, 0.3) is 5.91 Å². The maximum absolute atomic E-state index is 12.4. The Morgan fingerprint density at radius 3 is 2.48 bits per heavy atom. The molecule has 0 aliphatic heterocycles. The zero-order chi connectivity index (χ0) is 20.0. The van der Waals surface area contributed by atoms with Crippen LogP contribution in [0.25, 0.3) is 0 Å². The van der Waals surface area contributed by atoms with Crippen LogP contribution >= 0.6 is 23.2 Å². The molecule has 1 N–H and O–H groups in total. The van der Waals surface area contributed by atoms with Crippen molar-refractivity contribution < 1.29 is 17.9 Å². The molecule has 2 aromatic rings. The molecule has 0 aromatic heterocycles. The molecule has 142 valence electrons. The summed E-state index contributed by atoms with van der Waals surface area (Å²) in [6.07, 6.45) is 0. The van der Waals surface area contributed by atoms with Gasteiger partial charge < -0.3 is 10.1 Å². The van der Waals surface area contributed by atoms with Crippen molar-refractivity contribution in [2.24, 2.45) is 0 Å². The van der Waals surface area contributed by atoms with Crippen molar-refractivity contribution in [3.8, 4) is 6.07 Å². The molecule has 9 heteroatoms. The van der Waals surface area contributed by atoms with Crippen LogP contribution in [-0.2, 0) is 14.6 Å². The van der Waals surface area contributed by atoms with Crippen LogP contribution in [0, 0.1) is 11.3 Å². The van der Waals surface area contributed by atoms with E-state index < -0.39 is 21.8 Å². The van der Waals surface area contributed by atoms with E-state index in [-0.39, 0.29) is 32.9 Å². The fourth-order valence-corrected chi connectivity index (χ4v) is 3.85. The first-order chi connectivity index (χ1) is 12.8. The van der Waals surface area contributed by atoms with Gasteiger partial charge in [-0.25, -0.2) is 8.42 Å². The van der Waals surface area contributed by atoms with E-state index in [4.69, 9.17) is 27.9 Å². The topological polar surface area (TPSA) is 96.3 Å². The van der Waals surface area contributed by atoms with Crippen molar-refractivity contribution >= 4 is 38.9 Å². The zero-order valence-electron chi connectivity index (χ0n) is 14.3. The van der Waals surface area contributed by atoms with Crippen LogP contribution in [0.1, 0.15) is 22.0 Å². The smallest absolute Gasteiger partial charge is 0.252 e. The van der Waals surface area contributed by atoms with Gasteiger partial charge in [0.2, 0.25) is 0 Å². The van der Waals surface area contributed by atoms with Gasteiger partial charge in [0, 0.05) is 18.2 Å². The molecular formula is C18H16Cl2N2O4S. The highest BCUT2D eigenvalue weighted by atomic mass is 35.5. The fourth-order valence-electron chi connectivity index (χ4n) is 2.26. The number of amides is 1. The minimum Gasteiger partial charge on any atom is -0.384 e. The molecule has 0 aliphatic rings. The lowest BCUT2D eigenvalue weighted by atomic mass is 10.1. The monoisotopic (exact) mass is 426 g/mol. The second-order valence-electron chi connectivity index (χ2n) is 5.51. The third kappa shape index (κ3) is 5.21. The molecule has 0 heterocycles. The lowest BCUT2D eigenvalue weighted by Crippen LogP contribution is -2.27. The van der Waals surface area contributed by atoms with Crippen molar-refractivity contribution in [2.45, 2.75) is 10.9 Å². The summed E-state index contributed by atoms with van der Waals surface area (Å²) in [5, 5.41) is 12.4. The molecule has 1 amide bonds. The molecule has 0 fully saturated rings. The summed E-state index contributed by atoms with van der Waals surface area (Å²) in [4.78, 5) is 12.5. The number of methoxy groups -OCH3 is 1. The summed E-state index contributed by atoms with van der Waals surface area (Å²) in [5.41, 5.74) is 0.581. The summed E-state index contributed by atoms with van der Waals surface area (Å²) in [6, 6.07) is 11.2. The third-order valence-corrected chi connectivity index (χ3v) is 6.26. The second kappa shape index (κ2) is 9.20. The average Bonchev–Trinajstić information content (AvgIpc) is 2.67. The number of carbonyl (C=O) groups is 1. The van der Waals surface area contributed by atoms with Crippen LogP contribution in [0.2, 0.25) is 10.0 Å². The van der Waals surface area contributed by atoms with Gasteiger partial charge in [-0.3, -0.25) is 4.79 Å². The van der Waals surface area contributed by atoms with Crippen molar-refractivity contribution in [3.05, 3.63) is 63.6 Å². The SMILES string of the molecule is COCCS(=O)(=O)c1ccc(C(=O)NC(C#N)c2cccc(Cl)c2Cl)cc1. The number of hydrogen-bond acceptors (Lipinski definition) is 5. The Morgan fingerprint density at radius 1 is 1.22 bits per heavy atom. The molecule has 0 saturated heterocycles. The van der Waals surface area contributed by atoms with Gasteiger partial charge in [-0.2, -0.15) is 5.26 Å². The number of ether oxygens (including phenoxy) is 1. The number of benzene rings is 2. The highest BCUT2D eigenvalue weighted by Gasteiger charge is 2.20. The average molecular weight is 427 g/mol. The fraction of sp³-hybridized carbons (Fsp3) is 0.222. The number of hydrogen-bond donors (Lipinski definition) is 1. The number of sulfone groups is 1. The molecular weight excluding hydrogens is 411 g/mol. The molecule has 0 bridgehead atoms. The van der Waals surface area contributed by atoms with Crippen LogP contribution in [-0.4, -0.2) is 33.8 Å². The molecule has 0 spiro atoms. The number of nitriles is 1. The second-order valence-corrected chi connectivity index (χ2v) is 8.41. The molecule has 1 atom stereocenters. The molecule has 6 nitrogen and oxygen atoms in total. The quantitative estimate of drug-likeness (QED) is 0.731. The molecule has 2 rings (SSSR count). The van der Waals surface area contributed by atoms with Crippen molar-refractivity contribution in [2.75, 3.05) is 19.5 Å². The maximum atomic E-state index is 12.4. The lowest BCUT2D eigenvalue weighted by Gasteiger charge is -2.14. The first kappa shape index (κ1) is 21.2. The summed E-state index contributed by atoms with van der Waals surface area (Å²) in [6.45, 7) is 0.0782. The minimum absolute atomic E-state index is 0.0782. The predicted octanol–water partition coefficient (Wildman–Crippen LogP) is 3.41. The van der Waals surface area contributed by atoms with Gasteiger partial charge in [0.05, 0.1) is 33.4 Å². The molecule has 0 aliphatic carbocycles. The minimum atomic E-state index is -3.49. The Hall–Kier alpha value is -2.11. The Morgan fingerprint density at radius 2 is 1.89 bits per heavy atom. The predicted molar refractivity (Wildman–Crippen MR) is 103 cm³/mol. The van der Waals surface area contributed by atoms with E-state index in [1.807, 2.05) is 6.07 Å². The summed E-state index contributed by atoms with van der Waals surface area (Å²) >= 11 is 12.0. The van der Waals surface area contributed by atoms with Gasteiger partial charge in [-0.05, 0) is 30.3 Å². The van der Waals surface area contributed by atoms with E-state index in [1.165, 1.54) is 31.4 Å². The van der Waals surface area contributed by atoms with E-state index in [0.29, 0.717) is 5.56 Å². The van der Waals surface area contributed by atoms with Crippen LogP contribution in [0.3, 0.4) is 0 Å². The van der Waals surface area contributed by atoms with Gasteiger partial charge in [-0.1, -0.05) is 35.3 Å². The molecule has 2 aromatic carbocycles. The highest BCUT2D eigenvalue weighted by Crippen LogP contribution is 2.29. The molecule has 0 saturated carbocycles. The standard InChI is InChI=1S/C18H16Cl2N2O4S/c1-26-9-10-27(24,25)13-7-5-12(6-8-13)18(23)22-16(11-21)14-3-2-4-15(19)17(14)20/h2-8,16H,9-10H2,1H3,(H,22,23). The van der Waals surface area contributed by atoms with E-state index >= 15 is 0 Å². The highest BCUT2D eigenvalue weighted by molar-refractivity contribution is 7.91. The number of carbonyl (C=O) groups excluding carboxylic acids is 1. The summed E-state index contributed by atoms with van der Waals surface area (Å²) in [7, 11) is -2.07. The van der Waals surface area contributed by atoms with E-state index in [1.54, 1.807) is 18.2 Å². The number of nitrogens with zero attached hydrogens (tertiary/aromatic N) is 1. The first-order valence-corrected chi connectivity index (χ1v) is 10.2. The Labute approximate surface area is 167 Å². The zero-order valence-corrected chi connectivity index (χ0v) is 16.6. The van der Waals surface area contributed by atoms with E-state index in [0.717, 1.165) is 0 Å². The van der Waals surface area contributed by atoms with Crippen molar-refractivity contribution in [1.29, 1.82) is 5.26 Å². The van der Waals surface area contributed by atoms with Crippen molar-refractivity contribution in [3.63, 3.8) is 0 Å². The maximum Gasteiger partial charge on any atom is 0.252 e. The largest absolute Gasteiger partial charge is 0.384 e. The number of halogens is 2. The van der Waals surface area contributed by atoms with Crippen LogP contribution in [0.5, 0.6) is 0 Å². The number of nitrogens with one attached hydrogen (secondary N) is 1. The lowest BCUT2D eigenvalue weighted by molar-refractivity contribution is 0.0945.